The van der Waals surface area contributed by atoms with E-state index in [-0.39, 0.29) is 0 Å². The third-order valence-corrected chi connectivity index (χ3v) is 3.00. The van der Waals surface area contributed by atoms with Crippen LogP contribution in [0.3, 0.4) is 0 Å². The fourth-order valence-corrected chi connectivity index (χ4v) is 2.06. The Bertz CT molecular complexity index is 321. The van der Waals surface area contributed by atoms with Gasteiger partial charge < -0.3 is 5.73 Å². The second kappa shape index (κ2) is 4.92. The zero-order valence-corrected chi connectivity index (χ0v) is 9.45. The zero-order chi connectivity index (χ0) is 10.7. The molecule has 0 unspecified atom stereocenters. The summed E-state index contributed by atoms with van der Waals surface area (Å²) in [4.78, 5) is 6.66. The summed E-state index contributed by atoms with van der Waals surface area (Å²) in [5, 5.41) is 0.571. The molecule has 1 aliphatic heterocycles. The Kier molecular flexibility index (Phi) is 3.57. The Morgan fingerprint density at radius 2 is 2.13 bits per heavy atom. The van der Waals surface area contributed by atoms with E-state index in [4.69, 9.17) is 17.3 Å². The lowest BCUT2D eigenvalue weighted by Gasteiger charge is -2.29. The molecule has 2 heterocycles. The molecular weight excluding hydrogens is 210 g/mol. The number of likely N-dealkylation sites (tertiary alicyclic amines) is 1. The highest BCUT2D eigenvalue weighted by Crippen LogP contribution is 2.12. The summed E-state index contributed by atoms with van der Waals surface area (Å²) in [6, 6.07) is 6.14. The average Bonchev–Trinajstić information content (AvgIpc) is 2.22. The molecule has 1 fully saturated rings. The maximum atomic E-state index is 5.85. The lowest BCUT2D eigenvalue weighted by atomic mass is 10.1. The Balaban J connectivity index is 1.92. The van der Waals surface area contributed by atoms with E-state index in [0.29, 0.717) is 11.2 Å². The molecule has 82 valence electrons. The van der Waals surface area contributed by atoms with Crippen LogP contribution in [-0.2, 0) is 6.54 Å². The van der Waals surface area contributed by atoms with Gasteiger partial charge in [-0.15, -0.1) is 0 Å². The van der Waals surface area contributed by atoms with Crippen LogP contribution in [0, 0.1) is 0 Å². The van der Waals surface area contributed by atoms with Crippen LogP contribution in [0.15, 0.2) is 18.2 Å². The molecule has 0 spiro atoms. The van der Waals surface area contributed by atoms with Crippen molar-refractivity contribution in [1.29, 1.82) is 0 Å². The summed E-state index contributed by atoms with van der Waals surface area (Å²) in [6.45, 7) is 3.01. The lowest BCUT2D eigenvalue weighted by molar-refractivity contribution is 0.203. The van der Waals surface area contributed by atoms with Crippen LogP contribution in [0.5, 0.6) is 0 Å². The van der Waals surface area contributed by atoms with Gasteiger partial charge in [-0.05, 0) is 25.0 Å². The molecule has 0 atom stereocenters. The Hall–Kier alpha value is -0.640. The van der Waals surface area contributed by atoms with Gasteiger partial charge in [-0.25, -0.2) is 4.98 Å². The molecule has 0 saturated carbocycles. The molecule has 0 bridgehead atoms. The molecule has 2 rings (SSSR count). The standard InChI is InChI=1S/C11H16ClN3/c12-11-3-1-2-10(14-11)8-15-6-4-9(13)5-7-15/h1-3,9H,4-8,13H2. The average molecular weight is 226 g/mol. The topological polar surface area (TPSA) is 42.1 Å². The Morgan fingerprint density at radius 3 is 2.80 bits per heavy atom. The van der Waals surface area contributed by atoms with Gasteiger partial charge in [0.2, 0.25) is 0 Å². The van der Waals surface area contributed by atoms with Gasteiger partial charge in [0.05, 0.1) is 5.69 Å². The van der Waals surface area contributed by atoms with Crippen LogP contribution in [0.25, 0.3) is 0 Å². The number of hydrogen-bond donors (Lipinski definition) is 1. The number of rotatable bonds is 2. The highest BCUT2D eigenvalue weighted by Gasteiger charge is 2.16. The molecular formula is C11H16ClN3. The van der Waals surface area contributed by atoms with Gasteiger partial charge in [0.1, 0.15) is 5.15 Å². The predicted octanol–water partition coefficient (Wildman–Crippen LogP) is 1.66. The van der Waals surface area contributed by atoms with Crippen molar-refractivity contribution in [2.75, 3.05) is 13.1 Å². The largest absolute Gasteiger partial charge is 0.328 e. The minimum atomic E-state index is 0.383. The van der Waals surface area contributed by atoms with Gasteiger partial charge in [0, 0.05) is 25.7 Å². The quantitative estimate of drug-likeness (QED) is 0.779. The number of nitrogens with zero attached hydrogens (tertiary/aromatic N) is 2. The SMILES string of the molecule is NC1CCN(Cc2cccc(Cl)n2)CC1. The summed E-state index contributed by atoms with van der Waals surface area (Å²) >= 11 is 5.84. The number of pyridine rings is 1. The molecule has 3 nitrogen and oxygen atoms in total. The van der Waals surface area contributed by atoms with Gasteiger partial charge in [0.25, 0.3) is 0 Å². The van der Waals surface area contributed by atoms with E-state index in [9.17, 15) is 0 Å². The number of aromatic nitrogens is 1. The molecule has 4 heteroatoms. The molecule has 1 aromatic rings. The van der Waals surface area contributed by atoms with Crippen molar-refractivity contribution in [2.24, 2.45) is 5.73 Å². The van der Waals surface area contributed by atoms with Crippen LogP contribution in [0.2, 0.25) is 5.15 Å². The van der Waals surface area contributed by atoms with Crippen LogP contribution >= 0.6 is 11.6 Å². The van der Waals surface area contributed by atoms with Gasteiger partial charge >= 0.3 is 0 Å². The van der Waals surface area contributed by atoms with Crippen LogP contribution in [-0.4, -0.2) is 29.0 Å². The number of piperidine rings is 1. The highest BCUT2D eigenvalue weighted by molar-refractivity contribution is 6.29. The van der Waals surface area contributed by atoms with Crippen LogP contribution in [0.4, 0.5) is 0 Å². The first-order chi connectivity index (χ1) is 7.24. The normalized spacial score (nSPS) is 19.3. The maximum Gasteiger partial charge on any atom is 0.129 e. The first-order valence-electron chi connectivity index (χ1n) is 5.33. The van der Waals surface area contributed by atoms with E-state index in [2.05, 4.69) is 9.88 Å². The van der Waals surface area contributed by atoms with Crippen molar-refractivity contribution in [3.05, 3.63) is 29.0 Å². The summed E-state index contributed by atoms with van der Waals surface area (Å²) in [5.74, 6) is 0. The minimum Gasteiger partial charge on any atom is -0.328 e. The smallest absolute Gasteiger partial charge is 0.129 e. The second-order valence-electron chi connectivity index (χ2n) is 4.07. The first-order valence-corrected chi connectivity index (χ1v) is 5.71. The number of nitrogens with two attached hydrogens (primary N) is 1. The summed E-state index contributed by atoms with van der Waals surface area (Å²) in [5.41, 5.74) is 6.89. The molecule has 0 aromatic carbocycles. The fourth-order valence-electron chi connectivity index (χ4n) is 1.88. The predicted molar refractivity (Wildman–Crippen MR) is 61.7 cm³/mol. The Morgan fingerprint density at radius 1 is 1.40 bits per heavy atom. The Labute approximate surface area is 95.2 Å². The van der Waals surface area contributed by atoms with Crippen molar-refractivity contribution in [2.45, 2.75) is 25.4 Å². The highest BCUT2D eigenvalue weighted by atomic mass is 35.5. The lowest BCUT2D eigenvalue weighted by Crippen LogP contribution is -2.39. The summed E-state index contributed by atoms with van der Waals surface area (Å²) in [6.07, 6.45) is 2.17. The van der Waals surface area contributed by atoms with E-state index < -0.39 is 0 Å². The van der Waals surface area contributed by atoms with E-state index in [0.717, 1.165) is 38.2 Å². The van der Waals surface area contributed by atoms with E-state index in [1.54, 1.807) is 6.07 Å². The van der Waals surface area contributed by atoms with E-state index >= 15 is 0 Å². The van der Waals surface area contributed by atoms with Crippen LogP contribution in [0.1, 0.15) is 18.5 Å². The fraction of sp³-hybridized carbons (Fsp3) is 0.545. The summed E-state index contributed by atoms with van der Waals surface area (Å²) in [7, 11) is 0. The molecule has 0 amide bonds. The molecule has 1 saturated heterocycles. The first kappa shape index (κ1) is 10.9. The van der Waals surface area contributed by atoms with Crippen molar-refractivity contribution in [3.63, 3.8) is 0 Å². The van der Waals surface area contributed by atoms with Crippen LogP contribution < -0.4 is 5.73 Å². The molecule has 0 radical (unpaired) electrons. The third kappa shape index (κ3) is 3.16. The van der Waals surface area contributed by atoms with Gasteiger partial charge in [-0.2, -0.15) is 0 Å². The molecule has 15 heavy (non-hydrogen) atoms. The molecule has 0 aliphatic carbocycles. The third-order valence-electron chi connectivity index (χ3n) is 2.79. The summed E-state index contributed by atoms with van der Waals surface area (Å²) < 4.78 is 0. The monoisotopic (exact) mass is 225 g/mol. The van der Waals surface area contributed by atoms with Gasteiger partial charge in [0.15, 0.2) is 0 Å². The van der Waals surface area contributed by atoms with Gasteiger partial charge in [-0.3, -0.25) is 4.90 Å². The molecule has 1 aliphatic rings. The maximum absolute atomic E-state index is 5.85. The van der Waals surface area contributed by atoms with E-state index in [1.165, 1.54) is 0 Å². The van der Waals surface area contributed by atoms with Gasteiger partial charge in [-0.1, -0.05) is 17.7 Å². The second-order valence-corrected chi connectivity index (χ2v) is 4.45. The van der Waals surface area contributed by atoms with Crippen molar-refractivity contribution < 1.29 is 0 Å². The van der Waals surface area contributed by atoms with Crippen molar-refractivity contribution >= 4 is 11.6 Å². The number of hydrogen-bond acceptors (Lipinski definition) is 3. The zero-order valence-electron chi connectivity index (χ0n) is 8.69. The van der Waals surface area contributed by atoms with Crippen molar-refractivity contribution in [1.82, 2.24) is 9.88 Å². The van der Waals surface area contributed by atoms with Crippen molar-refractivity contribution in [3.8, 4) is 0 Å². The minimum absolute atomic E-state index is 0.383. The number of halogens is 1. The van der Waals surface area contributed by atoms with E-state index in [1.807, 2.05) is 12.1 Å². The molecule has 1 aromatic heterocycles. The molecule has 2 N–H and O–H groups in total.